The summed E-state index contributed by atoms with van der Waals surface area (Å²) >= 11 is 1.73. The van der Waals surface area contributed by atoms with Crippen molar-refractivity contribution in [3.63, 3.8) is 0 Å². The molecule has 1 aliphatic carbocycles. The highest BCUT2D eigenvalue weighted by molar-refractivity contribution is 7.15. The fraction of sp³-hybridized carbons (Fsp3) is 0.688. The third kappa shape index (κ3) is 2.91. The van der Waals surface area contributed by atoms with Gasteiger partial charge in [-0.25, -0.2) is 4.98 Å². The maximum absolute atomic E-state index is 4.77. The molecular weight excluding hydrogens is 266 g/mol. The summed E-state index contributed by atoms with van der Waals surface area (Å²) in [6.45, 7) is 3.50. The van der Waals surface area contributed by atoms with Crippen LogP contribution in [0.1, 0.15) is 38.3 Å². The van der Waals surface area contributed by atoms with E-state index in [4.69, 9.17) is 4.98 Å². The van der Waals surface area contributed by atoms with Crippen LogP contribution in [0.5, 0.6) is 0 Å². The van der Waals surface area contributed by atoms with Crippen LogP contribution in [-0.4, -0.2) is 23.0 Å². The standard InChI is InChI=1S/C16H25N3S/c1-3-12-4-5-13(10-17-2)14(8-12)9-15-11-19-6-7-20-16(19)18-15/h6-7,11-14,17H,3-5,8-10H2,1-2H3. The highest BCUT2D eigenvalue weighted by Gasteiger charge is 2.29. The van der Waals surface area contributed by atoms with E-state index in [9.17, 15) is 0 Å². The first-order chi connectivity index (χ1) is 9.80. The van der Waals surface area contributed by atoms with Crippen molar-refractivity contribution in [1.29, 1.82) is 0 Å². The smallest absolute Gasteiger partial charge is 0.193 e. The second kappa shape index (κ2) is 6.27. The van der Waals surface area contributed by atoms with Crippen LogP contribution in [0.25, 0.3) is 4.96 Å². The third-order valence-electron chi connectivity index (χ3n) is 4.91. The van der Waals surface area contributed by atoms with Gasteiger partial charge in [-0.05, 0) is 50.6 Å². The molecule has 4 heteroatoms. The Labute approximate surface area is 125 Å². The van der Waals surface area contributed by atoms with Gasteiger partial charge in [0.1, 0.15) is 0 Å². The van der Waals surface area contributed by atoms with E-state index >= 15 is 0 Å². The molecular formula is C16H25N3S. The zero-order chi connectivity index (χ0) is 13.9. The predicted molar refractivity (Wildman–Crippen MR) is 85.3 cm³/mol. The lowest BCUT2D eigenvalue weighted by atomic mass is 9.71. The first-order valence-electron chi connectivity index (χ1n) is 7.85. The lowest BCUT2D eigenvalue weighted by molar-refractivity contribution is 0.172. The molecule has 1 fully saturated rings. The van der Waals surface area contributed by atoms with Crippen LogP contribution in [0.4, 0.5) is 0 Å². The molecule has 0 radical (unpaired) electrons. The molecule has 2 aromatic heterocycles. The summed E-state index contributed by atoms with van der Waals surface area (Å²) in [5.74, 6) is 2.55. The van der Waals surface area contributed by atoms with Gasteiger partial charge < -0.3 is 5.32 Å². The zero-order valence-electron chi connectivity index (χ0n) is 12.5. The monoisotopic (exact) mass is 291 g/mol. The average molecular weight is 291 g/mol. The number of nitrogens with zero attached hydrogens (tertiary/aromatic N) is 2. The van der Waals surface area contributed by atoms with Crippen molar-refractivity contribution in [1.82, 2.24) is 14.7 Å². The van der Waals surface area contributed by atoms with E-state index in [1.165, 1.54) is 31.4 Å². The first-order valence-corrected chi connectivity index (χ1v) is 8.73. The van der Waals surface area contributed by atoms with Crippen LogP contribution in [0.15, 0.2) is 17.8 Å². The SMILES string of the molecule is CCC1CCC(CNC)C(Cc2cn3ccsc3n2)C1. The van der Waals surface area contributed by atoms with E-state index in [0.29, 0.717) is 0 Å². The molecule has 1 aliphatic rings. The molecule has 0 spiro atoms. The number of nitrogens with one attached hydrogen (secondary N) is 1. The summed E-state index contributed by atoms with van der Waals surface area (Å²) in [7, 11) is 2.08. The van der Waals surface area contributed by atoms with E-state index in [1.807, 2.05) is 0 Å². The number of imidazole rings is 1. The highest BCUT2D eigenvalue weighted by atomic mass is 32.1. The molecule has 0 aromatic carbocycles. The van der Waals surface area contributed by atoms with Gasteiger partial charge in [0.15, 0.2) is 4.96 Å². The second-order valence-electron chi connectivity index (χ2n) is 6.19. The molecule has 0 bridgehead atoms. The quantitative estimate of drug-likeness (QED) is 0.912. The molecule has 20 heavy (non-hydrogen) atoms. The van der Waals surface area contributed by atoms with E-state index < -0.39 is 0 Å². The van der Waals surface area contributed by atoms with Crippen molar-refractivity contribution >= 4 is 16.3 Å². The van der Waals surface area contributed by atoms with Crippen LogP contribution in [0.2, 0.25) is 0 Å². The van der Waals surface area contributed by atoms with E-state index in [1.54, 1.807) is 11.3 Å². The fourth-order valence-corrected chi connectivity index (χ4v) is 4.44. The molecule has 110 valence electrons. The summed E-state index contributed by atoms with van der Waals surface area (Å²) in [5, 5.41) is 5.48. The Morgan fingerprint density at radius 3 is 3.05 bits per heavy atom. The van der Waals surface area contributed by atoms with Gasteiger partial charge in [-0.15, -0.1) is 11.3 Å². The molecule has 3 nitrogen and oxygen atoms in total. The maximum atomic E-state index is 4.77. The highest BCUT2D eigenvalue weighted by Crippen LogP contribution is 2.37. The van der Waals surface area contributed by atoms with Gasteiger partial charge in [-0.1, -0.05) is 19.8 Å². The van der Waals surface area contributed by atoms with Gasteiger partial charge >= 0.3 is 0 Å². The van der Waals surface area contributed by atoms with Crippen molar-refractivity contribution in [2.45, 2.75) is 39.0 Å². The number of fused-ring (bicyclic) bond motifs is 1. The van der Waals surface area contributed by atoms with Crippen molar-refractivity contribution in [2.24, 2.45) is 17.8 Å². The van der Waals surface area contributed by atoms with Crippen molar-refractivity contribution in [2.75, 3.05) is 13.6 Å². The Balaban J connectivity index is 1.72. The third-order valence-corrected chi connectivity index (χ3v) is 5.68. The summed E-state index contributed by atoms with van der Waals surface area (Å²) in [6, 6.07) is 0. The van der Waals surface area contributed by atoms with Crippen LogP contribution in [0, 0.1) is 17.8 Å². The van der Waals surface area contributed by atoms with Crippen molar-refractivity contribution in [3.8, 4) is 0 Å². The fourth-order valence-electron chi connectivity index (χ4n) is 3.72. The minimum Gasteiger partial charge on any atom is -0.319 e. The van der Waals surface area contributed by atoms with E-state index in [-0.39, 0.29) is 0 Å². The van der Waals surface area contributed by atoms with Crippen LogP contribution in [0.3, 0.4) is 0 Å². The zero-order valence-corrected chi connectivity index (χ0v) is 13.3. The lowest BCUT2D eigenvalue weighted by Gasteiger charge is -2.35. The van der Waals surface area contributed by atoms with Gasteiger partial charge in [0.25, 0.3) is 0 Å². The number of rotatable bonds is 5. The topological polar surface area (TPSA) is 29.3 Å². The molecule has 0 aliphatic heterocycles. The van der Waals surface area contributed by atoms with Crippen LogP contribution < -0.4 is 5.32 Å². The molecule has 3 unspecified atom stereocenters. The Morgan fingerprint density at radius 1 is 1.40 bits per heavy atom. The van der Waals surface area contributed by atoms with E-state index in [2.05, 4.69) is 41.5 Å². The molecule has 1 N–H and O–H groups in total. The summed E-state index contributed by atoms with van der Waals surface area (Å²) in [5.41, 5.74) is 1.28. The molecule has 3 rings (SSSR count). The van der Waals surface area contributed by atoms with Crippen molar-refractivity contribution < 1.29 is 0 Å². The average Bonchev–Trinajstić information content (AvgIpc) is 3.02. The Kier molecular flexibility index (Phi) is 4.41. The van der Waals surface area contributed by atoms with Gasteiger partial charge in [-0.3, -0.25) is 4.40 Å². The number of hydrogen-bond acceptors (Lipinski definition) is 3. The number of aromatic nitrogens is 2. The summed E-state index contributed by atoms with van der Waals surface area (Å²) < 4.78 is 2.16. The Hall–Kier alpha value is -0.870. The molecule has 2 aromatic rings. The summed E-state index contributed by atoms with van der Waals surface area (Å²) in [6.07, 6.45) is 11.0. The van der Waals surface area contributed by atoms with Gasteiger partial charge in [0.05, 0.1) is 5.69 Å². The van der Waals surface area contributed by atoms with Crippen LogP contribution in [-0.2, 0) is 6.42 Å². The normalized spacial score (nSPS) is 27.2. The van der Waals surface area contributed by atoms with Gasteiger partial charge in [-0.2, -0.15) is 0 Å². The Morgan fingerprint density at radius 2 is 2.30 bits per heavy atom. The Bertz CT molecular complexity index is 516. The largest absolute Gasteiger partial charge is 0.319 e. The maximum Gasteiger partial charge on any atom is 0.193 e. The van der Waals surface area contributed by atoms with Gasteiger partial charge in [0, 0.05) is 17.8 Å². The number of hydrogen-bond donors (Lipinski definition) is 1. The minimum atomic E-state index is 0.797. The predicted octanol–water partition coefficient (Wildman–Crippen LogP) is 3.60. The van der Waals surface area contributed by atoms with Gasteiger partial charge in [0.2, 0.25) is 0 Å². The number of thiazole rings is 1. The molecule has 0 saturated heterocycles. The van der Waals surface area contributed by atoms with Crippen molar-refractivity contribution in [3.05, 3.63) is 23.5 Å². The molecule has 2 heterocycles. The molecule has 1 saturated carbocycles. The van der Waals surface area contributed by atoms with Crippen LogP contribution >= 0.6 is 11.3 Å². The molecule has 3 atom stereocenters. The van der Waals surface area contributed by atoms with E-state index in [0.717, 1.165) is 35.7 Å². The second-order valence-corrected chi connectivity index (χ2v) is 7.07. The lowest BCUT2D eigenvalue weighted by Crippen LogP contribution is -2.33. The molecule has 0 amide bonds. The minimum absolute atomic E-state index is 0.797. The first kappa shape index (κ1) is 14.1. The summed E-state index contributed by atoms with van der Waals surface area (Å²) in [4.78, 5) is 5.91.